The summed E-state index contributed by atoms with van der Waals surface area (Å²) in [6.07, 6.45) is 0. The van der Waals surface area contributed by atoms with Gasteiger partial charge in [0.25, 0.3) is 0 Å². The van der Waals surface area contributed by atoms with Gasteiger partial charge in [0.1, 0.15) is 22.6 Å². The van der Waals surface area contributed by atoms with Crippen LogP contribution in [0.3, 0.4) is 0 Å². The maximum absolute atomic E-state index is 11.0. The SMILES string of the molecule is COC(=O)c1ccc(CO)cc1O.O=C(O)c1ccc(CO)cc1O.[Na+].[OH-]. The predicted molar refractivity (Wildman–Crippen MR) is 88.3 cm³/mol. The molecule has 0 spiro atoms. The van der Waals surface area contributed by atoms with Crippen molar-refractivity contribution in [2.45, 2.75) is 13.2 Å². The molecular formula is C17H19NaO9. The van der Waals surface area contributed by atoms with Crippen molar-refractivity contribution in [3.63, 3.8) is 0 Å². The van der Waals surface area contributed by atoms with Crippen molar-refractivity contribution in [2.75, 3.05) is 7.11 Å². The fourth-order valence-corrected chi connectivity index (χ4v) is 1.81. The molecule has 2 aromatic rings. The van der Waals surface area contributed by atoms with Gasteiger partial charge in [0.05, 0.1) is 20.3 Å². The first-order valence-corrected chi connectivity index (χ1v) is 7.01. The average Bonchev–Trinajstić information content (AvgIpc) is 2.60. The number of rotatable bonds is 4. The van der Waals surface area contributed by atoms with Gasteiger partial charge < -0.3 is 35.7 Å². The molecule has 0 fully saturated rings. The van der Waals surface area contributed by atoms with Crippen molar-refractivity contribution in [3.05, 3.63) is 58.7 Å². The number of phenolic OH excluding ortho intramolecular Hbond substituents is 1. The molecule has 0 aliphatic rings. The van der Waals surface area contributed by atoms with Gasteiger partial charge in [-0.15, -0.1) is 0 Å². The van der Waals surface area contributed by atoms with Crippen molar-refractivity contribution < 1.29 is 74.9 Å². The van der Waals surface area contributed by atoms with Crippen molar-refractivity contribution in [1.29, 1.82) is 0 Å². The molecule has 0 saturated heterocycles. The summed E-state index contributed by atoms with van der Waals surface area (Å²) < 4.78 is 4.43. The van der Waals surface area contributed by atoms with Crippen LogP contribution < -0.4 is 29.6 Å². The molecule has 2 rings (SSSR count). The van der Waals surface area contributed by atoms with Crippen molar-refractivity contribution >= 4 is 11.9 Å². The topological polar surface area (TPSA) is 175 Å². The number of benzene rings is 2. The summed E-state index contributed by atoms with van der Waals surface area (Å²) in [5, 5.41) is 44.3. The van der Waals surface area contributed by atoms with Gasteiger partial charge in [-0.3, -0.25) is 0 Å². The molecule has 0 unspecified atom stereocenters. The van der Waals surface area contributed by atoms with E-state index < -0.39 is 11.9 Å². The maximum Gasteiger partial charge on any atom is 1.00 e. The maximum atomic E-state index is 11.0. The van der Waals surface area contributed by atoms with Crippen LogP contribution in [0.15, 0.2) is 36.4 Å². The van der Waals surface area contributed by atoms with E-state index in [2.05, 4.69) is 4.74 Å². The van der Waals surface area contributed by atoms with Crippen LogP contribution in [0, 0.1) is 0 Å². The van der Waals surface area contributed by atoms with Gasteiger partial charge in [-0.1, -0.05) is 12.1 Å². The Balaban J connectivity index is 0. The van der Waals surface area contributed by atoms with Gasteiger partial charge in [0, 0.05) is 0 Å². The zero-order chi connectivity index (χ0) is 19.0. The monoisotopic (exact) mass is 390 g/mol. The number of carbonyl (C=O) groups is 2. The van der Waals surface area contributed by atoms with E-state index in [-0.39, 0.29) is 70.9 Å². The molecule has 142 valence electrons. The minimum atomic E-state index is -1.18. The Kier molecular flexibility index (Phi) is 13.1. The van der Waals surface area contributed by atoms with Crippen LogP contribution in [0.5, 0.6) is 11.5 Å². The number of methoxy groups -OCH3 is 1. The van der Waals surface area contributed by atoms with Crippen LogP contribution in [0.25, 0.3) is 0 Å². The number of carboxylic acids is 1. The van der Waals surface area contributed by atoms with Crippen molar-refractivity contribution in [1.82, 2.24) is 0 Å². The Hall–Kier alpha value is -2.14. The molecule has 27 heavy (non-hydrogen) atoms. The van der Waals surface area contributed by atoms with Crippen LogP contribution >= 0.6 is 0 Å². The molecule has 9 nitrogen and oxygen atoms in total. The molecule has 0 aromatic heterocycles. The van der Waals surface area contributed by atoms with E-state index in [4.69, 9.17) is 20.4 Å². The number of aliphatic hydroxyl groups excluding tert-OH is 2. The number of phenols is 2. The number of carbonyl (C=O) groups excluding carboxylic acids is 1. The van der Waals surface area contributed by atoms with Gasteiger partial charge in [-0.05, 0) is 35.4 Å². The first-order chi connectivity index (χ1) is 11.8. The van der Waals surface area contributed by atoms with Gasteiger partial charge >= 0.3 is 41.5 Å². The van der Waals surface area contributed by atoms with Crippen molar-refractivity contribution in [2.24, 2.45) is 0 Å². The second-order valence-corrected chi connectivity index (χ2v) is 4.82. The van der Waals surface area contributed by atoms with Gasteiger partial charge in [-0.2, -0.15) is 0 Å². The first kappa shape index (κ1) is 27.1. The van der Waals surface area contributed by atoms with Crippen LogP contribution in [0.4, 0.5) is 0 Å². The number of aromatic hydroxyl groups is 2. The third kappa shape index (κ3) is 7.95. The van der Waals surface area contributed by atoms with Crippen LogP contribution in [0.1, 0.15) is 31.8 Å². The molecule has 6 N–H and O–H groups in total. The van der Waals surface area contributed by atoms with E-state index in [1.165, 1.54) is 37.4 Å². The third-order valence-electron chi connectivity index (χ3n) is 3.13. The smallest absolute Gasteiger partial charge is 0.870 e. The number of aliphatic hydroxyl groups is 2. The van der Waals surface area contributed by atoms with Gasteiger partial charge in [0.2, 0.25) is 0 Å². The van der Waals surface area contributed by atoms with E-state index in [9.17, 15) is 14.7 Å². The van der Waals surface area contributed by atoms with E-state index >= 15 is 0 Å². The zero-order valence-electron chi connectivity index (χ0n) is 14.8. The fourth-order valence-electron chi connectivity index (χ4n) is 1.81. The van der Waals surface area contributed by atoms with E-state index in [0.29, 0.717) is 11.1 Å². The van der Waals surface area contributed by atoms with E-state index in [0.717, 1.165) is 0 Å². The average molecular weight is 390 g/mol. The molecule has 0 amide bonds. The summed E-state index contributed by atoms with van der Waals surface area (Å²) in [5.74, 6) is -2.29. The molecule has 0 heterocycles. The van der Waals surface area contributed by atoms with E-state index in [1.807, 2.05) is 0 Å². The minimum absolute atomic E-state index is 0. The Morgan fingerprint density at radius 1 is 0.889 bits per heavy atom. The summed E-state index contributed by atoms with van der Waals surface area (Å²) in [6, 6.07) is 8.21. The van der Waals surface area contributed by atoms with E-state index in [1.54, 1.807) is 6.07 Å². The number of hydrogen-bond donors (Lipinski definition) is 5. The van der Waals surface area contributed by atoms with Crippen molar-refractivity contribution in [3.8, 4) is 11.5 Å². The molecular weight excluding hydrogens is 371 g/mol. The predicted octanol–water partition coefficient (Wildman–Crippen LogP) is -1.92. The molecule has 0 saturated carbocycles. The summed E-state index contributed by atoms with van der Waals surface area (Å²) in [7, 11) is 1.24. The fraction of sp³-hybridized carbons (Fsp3) is 0.176. The number of ether oxygens (including phenoxy) is 1. The Labute approximate surface area is 177 Å². The van der Waals surface area contributed by atoms with Gasteiger partial charge in [0.15, 0.2) is 0 Å². The molecule has 0 aliphatic carbocycles. The Bertz CT molecular complexity index is 762. The Morgan fingerprint density at radius 3 is 1.59 bits per heavy atom. The molecule has 0 radical (unpaired) electrons. The summed E-state index contributed by atoms with van der Waals surface area (Å²) >= 11 is 0. The quantitative estimate of drug-likeness (QED) is 0.294. The molecule has 0 aliphatic heterocycles. The van der Waals surface area contributed by atoms with Crippen LogP contribution in [-0.2, 0) is 18.0 Å². The Morgan fingerprint density at radius 2 is 1.30 bits per heavy atom. The normalized spacial score (nSPS) is 9.00. The summed E-state index contributed by atoms with van der Waals surface area (Å²) in [6.45, 7) is -0.386. The first-order valence-electron chi connectivity index (χ1n) is 7.01. The minimum Gasteiger partial charge on any atom is -0.870 e. The number of aromatic carboxylic acids is 1. The second kappa shape index (κ2) is 13.1. The summed E-state index contributed by atoms with van der Waals surface area (Å²) in [4.78, 5) is 21.4. The largest absolute Gasteiger partial charge is 1.00 e. The zero-order valence-corrected chi connectivity index (χ0v) is 16.8. The third-order valence-corrected chi connectivity index (χ3v) is 3.13. The standard InChI is InChI=1S/C9H10O4.C8H8O4.Na.H2O/c1-13-9(12)7-3-2-6(5-10)4-8(7)11;9-4-5-1-2-6(8(11)12)7(10)3-5;;/h2-4,10-11H,5H2,1H3;1-3,9-10H,4H2,(H,11,12);;1H2/q;;+1;/p-1. The van der Waals surface area contributed by atoms with Gasteiger partial charge in [-0.25, -0.2) is 9.59 Å². The van der Waals surface area contributed by atoms with Crippen LogP contribution in [-0.4, -0.2) is 50.1 Å². The molecule has 2 aromatic carbocycles. The molecule has 0 bridgehead atoms. The number of hydrogen-bond acceptors (Lipinski definition) is 8. The molecule has 10 heteroatoms. The summed E-state index contributed by atoms with van der Waals surface area (Å²) in [5.41, 5.74) is 0.967. The number of esters is 1. The second-order valence-electron chi connectivity index (χ2n) is 4.82. The number of carboxylic acid groups (broad SMARTS) is 1. The van der Waals surface area contributed by atoms with Crippen LogP contribution in [0.2, 0.25) is 0 Å². The molecule has 0 atom stereocenters.